The van der Waals surface area contributed by atoms with Crippen LogP contribution < -0.4 is 10.1 Å². The molecular formula is C14H16BrClN2O2. The highest BCUT2D eigenvalue weighted by Gasteiger charge is 2.30. The molecule has 6 heteroatoms. The van der Waals surface area contributed by atoms with E-state index >= 15 is 0 Å². The fourth-order valence-electron chi connectivity index (χ4n) is 1.36. The molecule has 1 unspecified atom stereocenters. The van der Waals surface area contributed by atoms with Gasteiger partial charge in [0.05, 0.1) is 11.1 Å². The van der Waals surface area contributed by atoms with Crippen LogP contribution in [-0.4, -0.2) is 18.1 Å². The summed E-state index contributed by atoms with van der Waals surface area (Å²) in [7, 11) is 0. The molecule has 0 radical (unpaired) electrons. The maximum atomic E-state index is 11.8. The molecule has 1 aromatic rings. The second-order valence-corrected chi connectivity index (χ2v) is 6.20. The van der Waals surface area contributed by atoms with Crippen molar-refractivity contribution in [2.24, 2.45) is 5.92 Å². The van der Waals surface area contributed by atoms with Gasteiger partial charge in [0, 0.05) is 4.47 Å². The number of nitrogens with one attached hydrogen (secondary N) is 1. The van der Waals surface area contributed by atoms with E-state index in [2.05, 4.69) is 27.3 Å². The van der Waals surface area contributed by atoms with E-state index in [1.807, 2.05) is 13.8 Å². The molecular weight excluding hydrogens is 344 g/mol. The topological polar surface area (TPSA) is 62.1 Å². The molecule has 108 valence electrons. The lowest BCUT2D eigenvalue weighted by atomic mass is 9.90. The molecule has 0 saturated heterocycles. The number of carbonyl (C=O) groups excluding carboxylic acids is 1. The number of hydrogen-bond acceptors (Lipinski definition) is 3. The quantitative estimate of drug-likeness (QED) is 0.874. The highest BCUT2D eigenvalue weighted by molar-refractivity contribution is 9.10. The van der Waals surface area contributed by atoms with E-state index in [-0.39, 0.29) is 18.4 Å². The van der Waals surface area contributed by atoms with Crippen molar-refractivity contribution >= 4 is 33.4 Å². The van der Waals surface area contributed by atoms with Gasteiger partial charge in [-0.25, -0.2) is 0 Å². The summed E-state index contributed by atoms with van der Waals surface area (Å²) in [6.45, 7) is 5.24. The Bertz CT molecular complexity index is 542. The van der Waals surface area contributed by atoms with Gasteiger partial charge in [-0.1, -0.05) is 41.4 Å². The van der Waals surface area contributed by atoms with Gasteiger partial charge >= 0.3 is 0 Å². The average molecular weight is 360 g/mol. The van der Waals surface area contributed by atoms with Crippen LogP contribution in [0.5, 0.6) is 5.75 Å². The normalized spacial score (nSPS) is 13.4. The Morgan fingerprint density at radius 2 is 2.25 bits per heavy atom. The van der Waals surface area contributed by atoms with Gasteiger partial charge in [-0.05, 0) is 31.0 Å². The molecule has 0 spiro atoms. The fourth-order valence-corrected chi connectivity index (χ4v) is 2.09. The van der Waals surface area contributed by atoms with Crippen LogP contribution in [0.4, 0.5) is 0 Å². The third kappa shape index (κ3) is 4.39. The zero-order valence-electron chi connectivity index (χ0n) is 11.5. The van der Waals surface area contributed by atoms with Crippen molar-refractivity contribution in [3.63, 3.8) is 0 Å². The number of nitrogens with zero attached hydrogens (tertiary/aromatic N) is 1. The second-order valence-electron chi connectivity index (χ2n) is 4.88. The standard InChI is InChI=1S/C14H16BrClN2O2/c1-9(2)14(3,8-17)18-13(19)7-20-12-5-4-10(15)6-11(12)16/h4-6,9H,7H2,1-3H3,(H,18,19). The molecule has 0 heterocycles. The Hall–Kier alpha value is -1.25. The third-order valence-electron chi connectivity index (χ3n) is 3.04. The predicted octanol–water partition coefficient (Wildman–Crippen LogP) is 3.54. The van der Waals surface area contributed by atoms with Crippen molar-refractivity contribution in [1.29, 1.82) is 5.26 Å². The number of carbonyl (C=O) groups is 1. The van der Waals surface area contributed by atoms with Gasteiger partial charge in [-0.2, -0.15) is 5.26 Å². The summed E-state index contributed by atoms with van der Waals surface area (Å²) >= 11 is 9.27. The Balaban J connectivity index is 2.62. The molecule has 0 fully saturated rings. The minimum atomic E-state index is -0.913. The zero-order valence-corrected chi connectivity index (χ0v) is 13.9. The Morgan fingerprint density at radius 1 is 1.60 bits per heavy atom. The maximum absolute atomic E-state index is 11.8. The number of ether oxygens (including phenoxy) is 1. The molecule has 0 aliphatic carbocycles. The average Bonchev–Trinajstić information content (AvgIpc) is 2.37. The first-order chi connectivity index (χ1) is 9.28. The van der Waals surface area contributed by atoms with Crippen molar-refractivity contribution in [2.45, 2.75) is 26.3 Å². The van der Waals surface area contributed by atoms with Crippen molar-refractivity contribution in [3.8, 4) is 11.8 Å². The van der Waals surface area contributed by atoms with Crippen LogP contribution >= 0.6 is 27.5 Å². The first kappa shape index (κ1) is 16.8. The number of halogens is 2. The second kappa shape index (κ2) is 6.96. The smallest absolute Gasteiger partial charge is 0.259 e. The van der Waals surface area contributed by atoms with E-state index in [9.17, 15) is 4.79 Å². The van der Waals surface area contributed by atoms with E-state index in [0.29, 0.717) is 10.8 Å². The predicted molar refractivity (Wildman–Crippen MR) is 81.6 cm³/mol. The van der Waals surface area contributed by atoms with Gasteiger partial charge < -0.3 is 10.1 Å². The van der Waals surface area contributed by atoms with Crippen molar-refractivity contribution in [3.05, 3.63) is 27.7 Å². The minimum Gasteiger partial charge on any atom is -0.482 e. The molecule has 1 aromatic carbocycles. The highest BCUT2D eigenvalue weighted by Crippen LogP contribution is 2.27. The van der Waals surface area contributed by atoms with Gasteiger partial charge in [-0.3, -0.25) is 4.79 Å². The van der Waals surface area contributed by atoms with Crippen LogP contribution in [0.2, 0.25) is 5.02 Å². The molecule has 1 N–H and O–H groups in total. The Morgan fingerprint density at radius 3 is 2.75 bits per heavy atom. The highest BCUT2D eigenvalue weighted by atomic mass is 79.9. The third-order valence-corrected chi connectivity index (χ3v) is 3.83. The summed E-state index contributed by atoms with van der Waals surface area (Å²) in [5, 5.41) is 12.2. The van der Waals surface area contributed by atoms with Crippen LogP contribution in [0.1, 0.15) is 20.8 Å². The fraction of sp³-hybridized carbons (Fsp3) is 0.429. The van der Waals surface area contributed by atoms with E-state index in [0.717, 1.165) is 4.47 Å². The van der Waals surface area contributed by atoms with Crippen LogP contribution in [0.15, 0.2) is 22.7 Å². The monoisotopic (exact) mass is 358 g/mol. The van der Waals surface area contributed by atoms with Crippen molar-refractivity contribution in [2.75, 3.05) is 6.61 Å². The van der Waals surface area contributed by atoms with Crippen LogP contribution in [0.25, 0.3) is 0 Å². The Labute approximate surface area is 132 Å². The zero-order chi connectivity index (χ0) is 15.3. The number of benzene rings is 1. The largest absolute Gasteiger partial charge is 0.482 e. The summed E-state index contributed by atoms with van der Waals surface area (Å²) in [4.78, 5) is 11.8. The van der Waals surface area contributed by atoms with Gasteiger partial charge in [0.2, 0.25) is 0 Å². The van der Waals surface area contributed by atoms with Crippen LogP contribution in [0.3, 0.4) is 0 Å². The molecule has 1 rings (SSSR count). The molecule has 0 bridgehead atoms. The molecule has 0 saturated carbocycles. The van der Waals surface area contributed by atoms with Gasteiger partial charge in [-0.15, -0.1) is 0 Å². The van der Waals surface area contributed by atoms with Crippen molar-refractivity contribution in [1.82, 2.24) is 5.32 Å². The van der Waals surface area contributed by atoms with Crippen molar-refractivity contribution < 1.29 is 9.53 Å². The van der Waals surface area contributed by atoms with Crippen LogP contribution in [-0.2, 0) is 4.79 Å². The summed E-state index contributed by atoms with van der Waals surface area (Å²) < 4.78 is 6.18. The maximum Gasteiger partial charge on any atom is 0.259 e. The molecule has 0 aliphatic heterocycles. The number of hydrogen-bond donors (Lipinski definition) is 1. The first-order valence-corrected chi connectivity index (χ1v) is 7.25. The molecule has 4 nitrogen and oxygen atoms in total. The lowest BCUT2D eigenvalue weighted by Gasteiger charge is -2.27. The molecule has 1 amide bonds. The molecule has 0 aromatic heterocycles. The lowest BCUT2D eigenvalue weighted by molar-refractivity contribution is -0.124. The molecule has 0 aliphatic rings. The van der Waals surface area contributed by atoms with E-state index in [1.165, 1.54) is 0 Å². The van der Waals surface area contributed by atoms with Gasteiger partial charge in [0.15, 0.2) is 6.61 Å². The van der Waals surface area contributed by atoms with E-state index < -0.39 is 5.54 Å². The number of rotatable bonds is 5. The summed E-state index contributed by atoms with van der Waals surface area (Å²) in [6.07, 6.45) is 0. The minimum absolute atomic E-state index is 0.00674. The summed E-state index contributed by atoms with van der Waals surface area (Å²) in [6, 6.07) is 7.23. The van der Waals surface area contributed by atoms with Crippen LogP contribution in [0, 0.1) is 17.2 Å². The number of amides is 1. The molecule has 20 heavy (non-hydrogen) atoms. The summed E-state index contributed by atoms with van der Waals surface area (Å²) in [5.41, 5.74) is -0.913. The summed E-state index contributed by atoms with van der Waals surface area (Å²) in [5.74, 6) is 0.0580. The number of nitriles is 1. The first-order valence-electron chi connectivity index (χ1n) is 6.08. The SMILES string of the molecule is CC(C)C(C)(C#N)NC(=O)COc1ccc(Br)cc1Cl. The molecule has 1 atom stereocenters. The van der Waals surface area contributed by atoms with E-state index in [1.54, 1.807) is 25.1 Å². The lowest BCUT2D eigenvalue weighted by Crippen LogP contribution is -2.50. The van der Waals surface area contributed by atoms with Gasteiger partial charge in [0.25, 0.3) is 5.91 Å². The van der Waals surface area contributed by atoms with Gasteiger partial charge in [0.1, 0.15) is 11.3 Å². The van der Waals surface area contributed by atoms with E-state index in [4.69, 9.17) is 21.6 Å². The Kier molecular flexibility index (Phi) is 5.85.